The number of sulfonamides is 1. The molecule has 7 nitrogen and oxygen atoms in total. The van der Waals surface area contributed by atoms with E-state index < -0.39 is 34.3 Å². The lowest BCUT2D eigenvalue weighted by Crippen LogP contribution is -2.52. The van der Waals surface area contributed by atoms with Crippen LogP contribution in [-0.4, -0.2) is 50.0 Å². The molecule has 0 saturated heterocycles. The Morgan fingerprint density at radius 2 is 1.65 bits per heavy atom. The molecule has 0 unspecified atom stereocenters. The zero-order chi connectivity index (χ0) is 26.6. The molecular weight excluding hydrogens is 493 g/mol. The Morgan fingerprint density at radius 1 is 1.00 bits per heavy atom. The van der Waals surface area contributed by atoms with Crippen molar-refractivity contribution in [3.63, 3.8) is 0 Å². The van der Waals surface area contributed by atoms with Crippen LogP contribution in [0.15, 0.2) is 66.7 Å². The molecule has 37 heavy (non-hydrogen) atoms. The summed E-state index contributed by atoms with van der Waals surface area (Å²) in [5, 5.41) is 4.56. The molecule has 0 radical (unpaired) electrons. The summed E-state index contributed by atoms with van der Waals surface area (Å²) in [6.45, 7) is 1.19. The first-order valence-electron chi connectivity index (χ1n) is 12.4. The van der Waals surface area contributed by atoms with Gasteiger partial charge in [0, 0.05) is 18.0 Å². The van der Waals surface area contributed by atoms with Crippen molar-refractivity contribution < 1.29 is 22.4 Å². The Bertz CT molecular complexity index is 1370. The molecule has 1 aliphatic rings. The van der Waals surface area contributed by atoms with Gasteiger partial charge in [0.15, 0.2) is 0 Å². The van der Waals surface area contributed by atoms with Gasteiger partial charge in [-0.15, -0.1) is 0 Å². The second-order valence-electron chi connectivity index (χ2n) is 9.58. The predicted molar refractivity (Wildman–Crippen MR) is 143 cm³/mol. The molecule has 2 amide bonds. The van der Waals surface area contributed by atoms with E-state index in [0.29, 0.717) is 16.6 Å². The molecule has 0 aromatic heterocycles. The first-order valence-corrected chi connectivity index (χ1v) is 14.3. The molecule has 3 aromatic rings. The third-order valence-corrected chi connectivity index (χ3v) is 7.98. The zero-order valence-electron chi connectivity index (χ0n) is 21.1. The minimum atomic E-state index is -3.85. The highest BCUT2D eigenvalue weighted by atomic mass is 32.2. The molecular formula is C28H32FN3O4S. The number of rotatable bonds is 9. The molecule has 0 spiro atoms. The fraction of sp³-hybridized carbons (Fsp3) is 0.357. The van der Waals surface area contributed by atoms with Crippen LogP contribution in [-0.2, 0) is 26.2 Å². The van der Waals surface area contributed by atoms with Gasteiger partial charge in [-0.1, -0.05) is 61.4 Å². The fourth-order valence-electron chi connectivity index (χ4n) is 4.78. The first-order chi connectivity index (χ1) is 17.6. The van der Waals surface area contributed by atoms with E-state index >= 15 is 0 Å². The lowest BCUT2D eigenvalue weighted by molar-refractivity contribution is -0.139. The summed E-state index contributed by atoms with van der Waals surface area (Å²) in [6, 6.07) is 17.5. The van der Waals surface area contributed by atoms with E-state index in [4.69, 9.17) is 0 Å². The van der Waals surface area contributed by atoms with Crippen LogP contribution < -0.4 is 9.62 Å². The van der Waals surface area contributed by atoms with E-state index in [9.17, 15) is 22.4 Å². The Kier molecular flexibility index (Phi) is 8.12. The number of hydrogen-bond acceptors (Lipinski definition) is 4. The van der Waals surface area contributed by atoms with E-state index in [2.05, 4.69) is 5.32 Å². The highest BCUT2D eigenvalue weighted by Crippen LogP contribution is 2.29. The van der Waals surface area contributed by atoms with Crippen LogP contribution in [0.3, 0.4) is 0 Å². The number of nitrogens with one attached hydrogen (secondary N) is 1. The second kappa shape index (κ2) is 11.3. The largest absolute Gasteiger partial charge is 0.352 e. The molecule has 1 N–H and O–H groups in total. The maximum absolute atomic E-state index is 13.7. The smallest absolute Gasteiger partial charge is 0.244 e. The minimum absolute atomic E-state index is 0.0332. The van der Waals surface area contributed by atoms with Gasteiger partial charge in [0.1, 0.15) is 18.4 Å². The number of carbonyl (C=O) groups excluding carboxylic acids is 2. The molecule has 196 valence electrons. The van der Waals surface area contributed by atoms with E-state index in [1.54, 1.807) is 37.3 Å². The van der Waals surface area contributed by atoms with Crippen molar-refractivity contribution in [2.45, 2.75) is 51.2 Å². The average molecular weight is 526 g/mol. The maximum atomic E-state index is 13.7. The van der Waals surface area contributed by atoms with Crippen molar-refractivity contribution >= 4 is 38.3 Å². The Hall–Kier alpha value is -3.46. The SMILES string of the molecule is C[C@@H](C(=O)NC1CCCC1)N(Cc1ccc(F)cc1)C(=O)CN(c1cccc2ccccc12)S(C)(=O)=O. The highest BCUT2D eigenvalue weighted by molar-refractivity contribution is 7.92. The number of benzene rings is 3. The number of anilines is 1. The number of hydrogen-bond donors (Lipinski definition) is 1. The Morgan fingerprint density at radius 3 is 2.32 bits per heavy atom. The fourth-order valence-corrected chi connectivity index (χ4v) is 5.64. The average Bonchev–Trinajstić information content (AvgIpc) is 3.38. The molecule has 1 saturated carbocycles. The minimum Gasteiger partial charge on any atom is -0.352 e. The lowest BCUT2D eigenvalue weighted by Gasteiger charge is -2.32. The second-order valence-corrected chi connectivity index (χ2v) is 11.5. The monoisotopic (exact) mass is 525 g/mol. The van der Waals surface area contributed by atoms with E-state index in [-0.39, 0.29) is 18.5 Å². The van der Waals surface area contributed by atoms with Gasteiger partial charge in [0.05, 0.1) is 11.9 Å². The third-order valence-electron chi connectivity index (χ3n) is 6.85. The molecule has 1 fully saturated rings. The van der Waals surface area contributed by atoms with Crippen LogP contribution in [0.2, 0.25) is 0 Å². The molecule has 4 rings (SSSR count). The summed E-state index contributed by atoms with van der Waals surface area (Å²) in [7, 11) is -3.85. The van der Waals surface area contributed by atoms with Crippen LogP contribution in [0, 0.1) is 5.82 Å². The van der Waals surface area contributed by atoms with Crippen molar-refractivity contribution in [2.75, 3.05) is 17.1 Å². The number of carbonyl (C=O) groups is 2. The van der Waals surface area contributed by atoms with Gasteiger partial charge in [-0.2, -0.15) is 0 Å². The van der Waals surface area contributed by atoms with Gasteiger partial charge < -0.3 is 10.2 Å². The topological polar surface area (TPSA) is 86.8 Å². The number of amides is 2. The van der Waals surface area contributed by atoms with Crippen LogP contribution in [0.1, 0.15) is 38.2 Å². The Labute approximate surface area is 217 Å². The number of nitrogens with zero attached hydrogens (tertiary/aromatic N) is 2. The first kappa shape index (κ1) is 26.6. The maximum Gasteiger partial charge on any atom is 0.244 e. The summed E-state index contributed by atoms with van der Waals surface area (Å²) in [4.78, 5) is 28.2. The normalized spacial score (nSPS) is 14.9. The molecule has 1 aliphatic carbocycles. The van der Waals surface area contributed by atoms with Crippen molar-refractivity contribution in [3.05, 3.63) is 78.1 Å². The zero-order valence-corrected chi connectivity index (χ0v) is 21.9. The summed E-state index contributed by atoms with van der Waals surface area (Å²) in [5.74, 6) is -1.23. The van der Waals surface area contributed by atoms with E-state index in [1.165, 1.54) is 17.0 Å². The van der Waals surface area contributed by atoms with Crippen LogP contribution >= 0.6 is 0 Å². The molecule has 0 bridgehead atoms. The van der Waals surface area contributed by atoms with Gasteiger partial charge in [0.2, 0.25) is 21.8 Å². The van der Waals surface area contributed by atoms with Gasteiger partial charge in [-0.3, -0.25) is 13.9 Å². The molecule has 1 atom stereocenters. The summed E-state index contributed by atoms with van der Waals surface area (Å²) < 4.78 is 40.4. The predicted octanol–water partition coefficient (Wildman–Crippen LogP) is 4.22. The van der Waals surface area contributed by atoms with Crippen molar-refractivity contribution in [1.29, 1.82) is 0 Å². The van der Waals surface area contributed by atoms with Crippen LogP contribution in [0.5, 0.6) is 0 Å². The quantitative estimate of drug-likeness (QED) is 0.453. The summed E-state index contributed by atoms with van der Waals surface area (Å²) >= 11 is 0. The highest BCUT2D eigenvalue weighted by Gasteiger charge is 2.31. The number of fused-ring (bicyclic) bond motifs is 1. The summed E-state index contributed by atoms with van der Waals surface area (Å²) in [5.41, 5.74) is 1.02. The lowest BCUT2D eigenvalue weighted by atomic mass is 10.1. The van der Waals surface area contributed by atoms with Crippen molar-refractivity contribution in [3.8, 4) is 0 Å². The van der Waals surface area contributed by atoms with Gasteiger partial charge >= 0.3 is 0 Å². The summed E-state index contributed by atoms with van der Waals surface area (Å²) in [6.07, 6.45) is 4.95. The van der Waals surface area contributed by atoms with Gasteiger partial charge in [-0.25, -0.2) is 12.8 Å². The van der Waals surface area contributed by atoms with Gasteiger partial charge in [-0.05, 0) is 48.9 Å². The van der Waals surface area contributed by atoms with Crippen LogP contribution in [0.4, 0.5) is 10.1 Å². The van der Waals surface area contributed by atoms with E-state index in [0.717, 1.165) is 41.6 Å². The van der Waals surface area contributed by atoms with Crippen LogP contribution in [0.25, 0.3) is 10.8 Å². The molecule has 3 aromatic carbocycles. The molecule has 0 aliphatic heterocycles. The Balaban J connectivity index is 1.65. The number of halogens is 1. The standard InChI is InChI=1S/C28H32FN3O4S/c1-20(28(34)30-24-10-4-5-11-24)31(18-21-14-16-23(29)17-15-21)27(33)19-32(37(2,35)36)26-13-7-9-22-8-3-6-12-25(22)26/h3,6-9,12-17,20,24H,4-5,10-11,18-19H2,1-2H3,(H,30,34)/t20-/m0/s1. The molecule has 9 heteroatoms. The molecule has 0 heterocycles. The van der Waals surface area contributed by atoms with Gasteiger partial charge in [0.25, 0.3) is 0 Å². The van der Waals surface area contributed by atoms with Crippen molar-refractivity contribution in [1.82, 2.24) is 10.2 Å². The van der Waals surface area contributed by atoms with Crippen molar-refractivity contribution in [2.24, 2.45) is 0 Å². The third kappa shape index (κ3) is 6.46. The van der Waals surface area contributed by atoms with E-state index in [1.807, 2.05) is 24.3 Å².